The lowest BCUT2D eigenvalue weighted by atomic mass is 9.93. The van der Waals surface area contributed by atoms with E-state index in [2.05, 4.69) is 18.9 Å². The van der Waals surface area contributed by atoms with Gasteiger partial charge in [-0.05, 0) is 25.9 Å². The highest BCUT2D eigenvalue weighted by atomic mass is 16.2. The van der Waals surface area contributed by atoms with Crippen molar-refractivity contribution in [2.24, 2.45) is 5.92 Å². The van der Waals surface area contributed by atoms with Gasteiger partial charge in [-0.15, -0.1) is 0 Å². The minimum atomic E-state index is 0.182. The fourth-order valence-corrected chi connectivity index (χ4v) is 2.15. The van der Waals surface area contributed by atoms with E-state index in [1.165, 1.54) is 0 Å². The third kappa shape index (κ3) is 2.44. The van der Waals surface area contributed by atoms with Crippen LogP contribution in [0, 0.1) is 5.92 Å². The van der Waals surface area contributed by atoms with E-state index in [9.17, 15) is 4.79 Å². The molecule has 1 amide bonds. The molecule has 0 spiro atoms. The summed E-state index contributed by atoms with van der Waals surface area (Å²) in [6, 6.07) is 0.439. The normalized spacial score (nSPS) is 30.2. The van der Waals surface area contributed by atoms with Crippen LogP contribution in [0.25, 0.3) is 0 Å². The van der Waals surface area contributed by atoms with E-state index < -0.39 is 0 Å². The molecule has 1 saturated heterocycles. The third-order valence-electron chi connectivity index (χ3n) is 3.06. The molecule has 13 heavy (non-hydrogen) atoms. The fraction of sp³-hybridized carbons (Fsp3) is 0.900. The summed E-state index contributed by atoms with van der Waals surface area (Å²) in [4.78, 5) is 15.4. The Hall–Kier alpha value is -0.570. The van der Waals surface area contributed by atoms with E-state index in [0.29, 0.717) is 12.0 Å². The van der Waals surface area contributed by atoms with E-state index in [-0.39, 0.29) is 5.91 Å². The number of amides is 1. The topological polar surface area (TPSA) is 23.6 Å². The first kappa shape index (κ1) is 10.5. The first-order valence-corrected chi connectivity index (χ1v) is 4.94. The molecule has 0 radical (unpaired) electrons. The molecule has 1 aliphatic heterocycles. The predicted molar refractivity (Wildman–Crippen MR) is 53.5 cm³/mol. The quantitative estimate of drug-likeness (QED) is 0.602. The molecular weight excluding hydrogens is 164 g/mol. The van der Waals surface area contributed by atoms with Crippen molar-refractivity contribution in [1.29, 1.82) is 0 Å². The van der Waals surface area contributed by atoms with E-state index in [4.69, 9.17) is 0 Å². The van der Waals surface area contributed by atoms with Crippen molar-refractivity contribution >= 4 is 5.91 Å². The third-order valence-corrected chi connectivity index (χ3v) is 3.06. The van der Waals surface area contributed by atoms with Gasteiger partial charge in [0.05, 0.1) is 0 Å². The molecule has 2 atom stereocenters. The minimum Gasteiger partial charge on any atom is -0.343 e. The van der Waals surface area contributed by atoms with Crippen molar-refractivity contribution in [2.75, 3.05) is 27.2 Å². The van der Waals surface area contributed by atoms with Gasteiger partial charge in [0.15, 0.2) is 0 Å². The second-order valence-corrected chi connectivity index (χ2v) is 4.23. The molecule has 0 aromatic heterocycles. The van der Waals surface area contributed by atoms with Gasteiger partial charge >= 0.3 is 0 Å². The smallest absolute Gasteiger partial charge is 0.219 e. The standard InChI is InChI=1S/C10H20N2O/c1-8-7-11(3)6-5-10(8)12(4)9(2)13/h8,10H,5-7H2,1-4H3. The Balaban J connectivity index is 2.55. The van der Waals surface area contributed by atoms with Crippen molar-refractivity contribution in [3.8, 4) is 0 Å². The lowest BCUT2D eigenvalue weighted by Crippen LogP contribution is -2.49. The summed E-state index contributed by atoms with van der Waals surface area (Å²) in [5, 5.41) is 0. The van der Waals surface area contributed by atoms with Crippen molar-refractivity contribution < 1.29 is 4.79 Å². The van der Waals surface area contributed by atoms with E-state index in [1.54, 1.807) is 6.92 Å². The van der Waals surface area contributed by atoms with Crippen LogP contribution in [0.4, 0.5) is 0 Å². The average Bonchev–Trinajstić information content (AvgIpc) is 2.03. The summed E-state index contributed by atoms with van der Waals surface area (Å²) in [7, 11) is 4.05. The first-order valence-electron chi connectivity index (χ1n) is 4.94. The molecular formula is C10H20N2O. The largest absolute Gasteiger partial charge is 0.343 e. The molecule has 0 aromatic carbocycles. The van der Waals surface area contributed by atoms with Crippen LogP contribution in [0.1, 0.15) is 20.3 Å². The van der Waals surface area contributed by atoms with Gasteiger partial charge in [-0.25, -0.2) is 0 Å². The van der Waals surface area contributed by atoms with Gasteiger partial charge in [0, 0.05) is 26.6 Å². The molecule has 3 heteroatoms. The van der Waals surface area contributed by atoms with Gasteiger partial charge in [-0.3, -0.25) is 4.79 Å². The molecule has 0 aromatic rings. The number of hydrogen-bond acceptors (Lipinski definition) is 2. The van der Waals surface area contributed by atoms with Crippen LogP contribution in [0.3, 0.4) is 0 Å². The number of carbonyl (C=O) groups excluding carboxylic acids is 1. The molecule has 2 unspecified atom stereocenters. The number of carbonyl (C=O) groups is 1. The van der Waals surface area contributed by atoms with Crippen molar-refractivity contribution in [3.63, 3.8) is 0 Å². The second kappa shape index (κ2) is 4.09. The highest BCUT2D eigenvalue weighted by molar-refractivity contribution is 5.73. The SMILES string of the molecule is CC(=O)N(C)C1CCN(C)CC1C. The van der Waals surface area contributed by atoms with Crippen LogP contribution in [0.5, 0.6) is 0 Å². The van der Waals surface area contributed by atoms with E-state index in [0.717, 1.165) is 19.5 Å². The van der Waals surface area contributed by atoms with Crippen LogP contribution >= 0.6 is 0 Å². The van der Waals surface area contributed by atoms with E-state index in [1.807, 2.05) is 11.9 Å². The number of rotatable bonds is 1. The fourth-order valence-electron chi connectivity index (χ4n) is 2.15. The molecule has 3 nitrogen and oxygen atoms in total. The summed E-state index contributed by atoms with van der Waals surface area (Å²) < 4.78 is 0. The number of hydrogen-bond donors (Lipinski definition) is 0. The summed E-state index contributed by atoms with van der Waals surface area (Å²) in [6.07, 6.45) is 1.10. The Morgan fingerprint density at radius 1 is 1.54 bits per heavy atom. The Morgan fingerprint density at radius 2 is 2.15 bits per heavy atom. The highest BCUT2D eigenvalue weighted by Gasteiger charge is 2.28. The maximum atomic E-state index is 11.2. The van der Waals surface area contributed by atoms with Crippen LogP contribution in [0.2, 0.25) is 0 Å². The summed E-state index contributed by atoms with van der Waals surface area (Å²) in [5.41, 5.74) is 0. The molecule has 1 rings (SSSR count). The summed E-state index contributed by atoms with van der Waals surface area (Å²) >= 11 is 0. The predicted octanol–water partition coefficient (Wildman–Crippen LogP) is 0.805. The second-order valence-electron chi connectivity index (χ2n) is 4.23. The molecule has 0 saturated carbocycles. The summed E-state index contributed by atoms with van der Waals surface area (Å²) in [6.45, 7) is 6.07. The molecule has 1 aliphatic rings. The van der Waals surface area contributed by atoms with Crippen LogP contribution in [-0.4, -0.2) is 48.9 Å². The number of likely N-dealkylation sites (tertiary alicyclic amines) is 1. The molecule has 1 heterocycles. The minimum absolute atomic E-state index is 0.182. The molecule has 0 bridgehead atoms. The zero-order valence-corrected chi connectivity index (χ0v) is 9.08. The zero-order chi connectivity index (χ0) is 10.0. The lowest BCUT2D eigenvalue weighted by Gasteiger charge is -2.39. The maximum Gasteiger partial charge on any atom is 0.219 e. The van der Waals surface area contributed by atoms with Crippen LogP contribution in [0.15, 0.2) is 0 Å². The van der Waals surface area contributed by atoms with Gasteiger partial charge in [-0.2, -0.15) is 0 Å². The first-order chi connectivity index (χ1) is 6.02. The van der Waals surface area contributed by atoms with E-state index >= 15 is 0 Å². The molecule has 1 fully saturated rings. The zero-order valence-electron chi connectivity index (χ0n) is 9.08. The number of nitrogens with zero attached hydrogens (tertiary/aromatic N) is 2. The molecule has 0 aliphatic carbocycles. The van der Waals surface area contributed by atoms with Crippen molar-refractivity contribution in [1.82, 2.24) is 9.80 Å². The monoisotopic (exact) mass is 184 g/mol. The molecule has 0 N–H and O–H groups in total. The van der Waals surface area contributed by atoms with Gasteiger partial charge in [0.1, 0.15) is 0 Å². The van der Waals surface area contributed by atoms with Crippen LogP contribution < -0.4 is 0 Å². The van der Waals surface area contributed by atoms with Crippen molar-refractivity contribution in [3.05, 3.63) is 0 Å². The van der Waals surface area contributed by atoms with Crippen molar-refractivity contribution in [2.45, 2.75) is 26.3 Å². The lowest BCUT2D eigenvalue weighted by molar-refractivity contribution is -0.131. The average molecular weight is 184 g/mol. The van der Waals surface area contributed by atoms with Gasteiger partial charge in [0.25, 0.3) is 0 Å². The molecule has 76 valence electrons. The Morgan fingerprint density at radius 3 is 2.62 bits per heavy atom. The van der Waals surface area contributed by atoms with Gasteiger partial charge < -0.3 is 9.80 Å². The van der Waals surface area contributed by atoms with Gasteiger partial charge in [0.2, 0.25) is 5.91 Å². The summed E-state index contributed by atoms with van der Waals surface area (Å²) in [5.74, 6) is 0.772. The Labute approximate surface area is 80.7 Å². The number of piperidine rings is 1. The van der Waals surface area contributed by atoms with Crippen LogP contribution in [-0.2, 0) is 4.79 Å². The Bertz CT molecular complexity index is 193. The highest BCUT2D eigenvalue weighted by Crippen LogP contribution is 2.19. The van der Waals surface area contributed by atoms with Gasteiger partial charge in [-0.1, -0.05) is 6.92 Å². The maximum absolute atomic E-state index is 11.2. The Kier molecular flexibility index (Phi) is 3.31.